The molecule has 2 unspecified atom stereocenters. The molecule has 1 heterocycles. The quantitative estimate of drug-likeness (QED) is 0.844. The highest BCUT2D eigenvalue weighted by Gasteiger charge is 2.35. The fourth-order valence-corrected chi connectivity index (χ4v) is 2.83. The summed E-state index contributed by atoms with van der Waals surface area (Å²) in [6.45, 7) is 5.29. The van der Waals surface area contributed by atoms with Crippen molar-refractivity contribution in [3.05, 3.63) is 16.1 Å². The summed E-state index contributed by atoms with van der Waals surface area (Å²) < 4.78 is 37.7. The number of rotatable bonds is 6. The van der Waals surface area contributed by atoms with Crippen LogP contribution in [0, 0.1) is 0 Å². The number of thiazole rings is 1. The van der Waals surface area contributed by atoms with E-state index in [-0.39, 0.29) is 10.9 Å². The molecule has 3 N–H and O–H groups in total. The van der Waals surface area contributed by atoms with Crippen molar-refractivity contribution in [3.63, 3.8) is 0 Å². The summed E-state index contributed by atoms with van der Waals surface area (Å²) in [7, 11) is 0. The molecule has 0 aliphatic rings. The van der Waals surface area contributed by atoms with E-state index in [0.717, 1.165) is 23.1 Å². The first-order chi connectivity index (χ1) is 9.61. The fraction of sp³-hybridized carbons (Fsp3) is 0.692. The topological polar surface area (TPSA) is 68.0 Å². The molecular formula is C13H20F3N3OS. The van der Waals surface area contributed by atoms with Crippen LogP contribution in [0.1, 0.15) is 56.8 Å². The third kappa shape index (κ3) is 4.67. The van der Waals surface area contributed by atoms with Gasteiger partial charge in [0.1, 0.15) is 5.01 Å². The van der Waals surface area contributed by atoms with Crippen molar-refractivity contribution in [2.75, 3.05) is 0 Å². The Balaban J connectivity index is 2.85. The van der Waals surface area contributed by atoms with Crippen molar-refractivity contribution in [1.82, 2.24) is 10.3 Å². The van der Waals surface area contributed by atoms with E-state index in [1.165, 1.54) is 0 Å². The summed E-state index contributed by atoms with van der Waals surface area (Å²) >= 11 is 0.888. The van der Waals surface area contributed by atoms with E-state index >= 15 is 0 Å². The standard InChI is InChI=1S/C13H20F3N3OS/c1-4-6-12(3,17)11(20)18-8(5-2)10-19-9(7-21-10)13(14,15)16/h7-8H,4-6,17H2,1-3H3,(H,18,20). The summed E-state index contributed by atoms with van der Waals surface area (Å²) in [6.07, 6.45) is -2.78. The molecule has 0 aliphatic carbocycles. The van der Waals surface area contributed by atoms with E-state index < -0.39 is 23.5 Å². The highest BCUT2D eigenvalue weighted by molar-refractivity contribution is 7.09. The van der Waals surface area contributed by atoms with Gasteiger partial charge in [0.2, 0.25) is 5.91 Å². The van der Waals surface area contributed by atoms with E-state index in [1.54, 1.807) is 13.8 Å². The van der Waals surface area contributed by atoms with Gasteiger partial charge in [-0.2, -0.15) is 13.2 Å². The monoisotopic (exact) mass is 323 g/mol. The molecule has 120 valence electrons. The number of hydrogen-bond acceptors (Lipinski definition) is 4. The molecular weight excluding hydrogens is 303 g/mol. The number of hydrogen-bond donors (Lipinski definition) is 2. The molecule has 1 rings (SSSR count). The van der Waals surface area contributed by atoms with Gasteiger partial charge in [-0.3, -0.25) is 4.79 Å². The lowest BCUT2D eigenvalue weighted by Crippen LogP contribution is -2.52. The van der Waals surface area contributed by atoms with Crippen molar-refractivity contribution in [2.45, 2.75) is 57.8 Å². The molecule has 8 heteroatoms. The van der Waals surface area contributed by atoms with E-state index in [1.807, 2.05) is 6.92 Å². The number of carbonyl (C=O) groups excluding carboxylic acids is 1. The van der Waals surface area contributed by atoms with Crippen LogP contribution in [0.2, 0.25) is 0 Å². The molecule has 0 aromatic carbocycles. The summed E-state index contributed by atoms with van der Waals surface area (Å²) in [5.41, 5.74) is 3.95. The Morgan fingerprint density at radius 2 is 2.10 bits per heavy atom. The largest absolute Gasteiger partial charge is 0.434 e. The Labute approximate surface area is 125 Å². The van der Waals surface area contributed by atoms with Crippen molar-refractivity contribution >= 4 is 17.2 Å². The van der Waals surface area contributed by atoms with Crippen molar-refractivity contribution < 1.29 is 18.0 Å². The molecule has 0 spiro atoms. The second kappa shape index (κ2) is 6.74. The zero-order valence-corrected chi connectivity index (χ0v) is 13.1. The molecule has 1 aromatic rings. The Bertz CT molecular complexity index is 485. The van der Waals surface area contributed by atoms with Crippen LogP contribution in [0.4, 0.5) is 13.2 Å². The normalized spacial score (nSPS) is 16.3. The lowest BCUT2D eigenvalue weighted by atomic mass is 9.96. The van der Waals surface area contributed by atoms with Gasteiger partial charge in [-0.1, -0.05) is 20.3 Å². The third-order valence-corrected chi connectivity index (χ3v) is 4.07. The summed E-state index contributed by atoms with van der Waals surface area (Å²) in [4.78, 5) is 15.7. The average molecular weight is 323 g/mol. The molecule has 2 atom stereocenters. The van der Waals surface area contributed by atoms with Gasteiger partial charge in [0.05, 0.1) is 11.6 Å². The van der Waals surface area contributed by atoms with E-state index in [0.29, 0.717) is 12.8 Å². The number of nitrogens with one attached hydrogen (secondary N) is 1. The van der Waals surface area contributed by atoms with Crippen LogP contribution in [-0.4, -0.2) is 16.4 Å². The number of carbonyl (C=O) groups is 1. The Hall–Kier alpha value is -1.15. The Morgan fingerprint density at radius 3 is 2.52 bits per heavy atom. The lowest BCUT2D eigenvalue weighted by Gasteiger charge is -2.25. The van der Waals surface area contributed by atoms with Crippen LogP contribution in [0.25, 0.3) is 0 Å². The zero-order valence-electron chi connectivity index (χ0n) is 12.3. The van der Waals surface area contributed by atoms with Gasteiger partial charge in [0.25, 0.3) is 0 Å². The minimum atomic E-state index is -4.47. The van der Waals surface area contributed by atoms with Gasteiger partial charge in [0.15, 0.2) is 5.69 Å². The minimum absolute atomic E-state index is 0.241. The van der Waals surface area contributed by atoms with Gasteiger partial charge in [-0.25, -0.2) is 4.98 Å². The average Bonchev–Trinajstić information content (AvgIpc) is 2.84. The minimum Gasteiger partial charge on any atom is -0.345 e. The molecule has 4 nitrogen and oxygen atoms in total. The predicted molar refractivity (Wildman–Crippen MR) is 75.8 cm³/mol. The third-order valence-electron chi connectivity index (χ3n) is 3.11. The summed E-state index contributed by atoms with van der Waals surface area (Å²) in [5, 5.41) is 3.89. The van der Waals surface area contributed by atoms with Crippen molar-refractivity contribution in [2.24, 2.45) is 5.73 Å². The molecule has 0 saturated carbocycles. The van der Waals surface area contributed by atoms with E-state index in [9.17, 15) is 18.0 Å². The maximum atomic E-state index is 12.6. The molecule has 1 amide bonds. The maximum absolute atomic E-state index is 12.6. The second-order valence-corrected chi connectivity index (χ2v) is 6.06. The van der Waals surface area contributed by atoms with Gasteiger partial charge in [-0.15, -0.1) is 11.3 Å². The number of amides is 1. The predicted octanol–water partition coefficient (Wildman–Crippen LogP) is 3.25. The zero-order chi connectivity index (χ0) is 16.3. The van der Waals surface area contributed by atoms with Gasteiger partial charge in [-0.05, 0) is 19.8 Å². The van der Waals surface area contributed by atoms with Crippen LogP contribution in [0.3, 0.4) is 0 Å². The maximum Gasteiger partial charge on any atom is 0.434 e. The fourth-order valence-electron chi connectivity index (χ4n) is 1.87. The van der Waals surface area contributed by atoms with Crippen LogP contribution in [0.15, 0.2) is 5.38 Å². The molecule has 1 aromatic heterocycles. The Morgan fingerprint density at radius 1 is 1.48 bits per heavy atom. The number of nitrogens with two attached hydrogens (primary N) is 1. The van der Waals surface area contributed by atoms with Crippen LogP contribution in [-0.2, 0) is 11.0 Å². The summed E-state index contributed by atoms with van der Waals surface area (Å²) in [6, 6.07) is -0.557. The Kier molecular flexibility index (Phi) is 5.75. The first-order valence-corrected chi connectivity index (χ1v) is 7.62. The number of alkyl halides is 3. The van der Waals surface area contributed by atoms with Crippen molar-refractivity contribution in [1.29, 1.82) is 0 Å². The van der Waals surface area contributed by atoms with Crippen LogP contribution in [0.5, 0.6) is 0 Å². The van der Waals surface area contributed by atoms with Gasteiger partial charge in [0, 0.05) is 5.38 Å². The van der Waals surface area contributed by atoms with Crippen LogP contribution >= 0.6 is 11.3 Å². The summed E-state index contributed by atoms with van der Waals surface area (Å²) in [5.74, 6) is -0.375. The molecule has 0 bridgehead atoms. The number of nitrogens with zero attached hydrogens (tertiary/aromatic N) is 1. The SMILES string of the molecule is CCCC(C)(N)C(=O)NC(CC)c1nc(C(F)(F)F)cs1. The highest BCUT2D eigenvalue weighted by Crippen LogP contribution is 2.32. The van der Waals surface area contributed by atoms with E-state index in [4.69, 9.17) is 5.73 Å². The van der Waals surface area contributed by atoms with Crippen LogP contribution < -0.4 is 11.1 Å². The number of aromatic nitrogens is 1. The smallest absolute Gasteiger partial charge is 0.345 e. The highest BCUT2D eigenvalue weighted by atomic mass is 32.1. The van der Waals surface area contributed by atoms with E-state index in [2.05, 4.69) is 10.3 Å². The first-order valence-electron chi connectivity index (χ1n) is 6.74. The first kappa shape index (κ1) is 17.9. The second-order valence-electron chi connectivity index (χ2n) is 5.17. The molecule has 0 radical (unpaired) electrons. The van der Waals surface area contributed by atoms with Gasteiger partial charge >= 0.3 is 6.18 Å². The molecule has 0 saturated heterocycles. The molecule has 21 heavy (non-hydrogen) atoms. The van der Waals surface area contributed by atoms with Gasteiger partial charge < -0.3 is 11.1 Å². The number of halogens is 3. The lowest BCUT2D eigenvalue weighted by molar-refractivity contribution is -0.140. The molecule has 0 aliphatic heterocycles. The molecule has 0 fully saturated rings. The van der Waals surface area contributed by atoms with Crippen molar-refractivity contribution in [3.8, 4) is 0 Å².